The van der Waals surface area contributed by atoms with Crippen molar-refractivity contribution in [3.63, 3.8) is 0 Å². The molecule has 0 saturated heterocycles. The topological polar surface area (TPSA) is 92.2 Å². The van der Waals surface area contributed by atoms with E-state index in [1.165, 1.54) is 6.07 Å². The SMILES string of the molecule is O=C(O)c1cn(-c2cc(Cl)ccc2F)c(=O)[nH]c1=O. The first kappa shape index (κ1) is 13.0. The van der Waals surface area contributed by atoms with Crippen LogP contribution in [0.5, 0.6) is 0 Å². The van der Waals surface area contributed by atoms with Crippen LogP contribution in [-0.4, -0.2) is 20.6 Å². The summed E-state index contributed by atoms with van der Waals surface area (Å²) in [5.74, 6) is -2.31. The van der Waals surface area contributed by atoms with Crippen LogP contribution in [0.15, 0.2) is 34.0 Å². The van der Waals surface area contributed by atoms with Gasteiger partial charge < -0.3 is 5.11 Å². The van der Waals surface area contributed by atoms with E-state index in [1.54, 1.807) is 4.98 Å². The number of carboxylic acids is 1. The zero-order valence-corrected chi connectivity index (χ0v) is 9.94. The van der Waals surface area contributed by atoms with E-state index in [9.17, 15) is 18.8 Å². The van der Waals surface area contributed by atoms with Gasteiger partial charge in [-0.25, -0.2) is 14.0 Å². The molecule has 98 valence electrons. The highest BCUT2D eigenvalue weighted by molar-refractivity contribution is 6.30. The smallest absolute Gasteiger partial charge is 0.342 e. The quantitative estimate of drug-likeness (QED) is 0.861. The first-order valence-corrected chi connectivity index (χ1v) is 5.32. The standard InChI is InChI=1S/C11H6ClFN2O4/c12-5-1-2-7(13)8(3-5)15-4-6(10(17)18)9(16)14-11(15)19/h1-4H,(H,17,18)(H,14,16,19). The lowest BCUT2D eigenvalue weighted by molar-refractivity contribution is 0.0694. The molecule has 1 heterocycles. The third-order valence-electron chi connectivity index (χ3n) is 2.34. The van der Waals surface area contributed by atoms with E-state index < -0.39 is 28.6 Å². The maximum Gasteiger partial charge on any atom is 0.342 e. The number of benzene rings is 1. The number of nitrogens with zero attached hydrogens (tertiary/aromatic N) is 1. The van der Waals surface area contributed by atoms with Gasteiger partial charge in [0.2, 0.25) is 0 Å². The lowest BCUT2D eigenvalue weighted by Gasteiger charge is -2.07. The molecule has 0 atom stereocenters. The summed E-state index contributed by atoms with van der Waals surface area (Å²) >= 11 is 5.68. The van der Waals surface area contributed by atoms with Crippen LogP contribution < -0.4 is 11.2 Å². The Morgan fingerprint density at radius 3 is 2.68 bits per heavy atom. The van der Waals surface area contributed by atoms with Crippen molar-refractivity contribution >= 4 is 17.6 Å². The molecule has 0 aliphatic rings. The molecule has 1 aromatic carbocycles. The summed E-state index contributed by atoms with van der Waals surface area (Å²) in [6.07, 6.45) is 0.748. The fourth-order valence-corrected chi connectivity index (χ4v) is 1.64. The normalized spacial score (nSPS) is 10.4. The van der Waals surface area contributed by atoms with Gasteiger partial charge in [0.15, 0.2) is 0 Å². The maximum atomic E-state index is 13.6. The Hall–Kier alpha value is -2.41. The van der Waals surface area contributed by atoms with E-state index >= 15 is 0 Å². The molecule has 19 heavy (non-hydrogen) atoms. The molecule has 2 N–H and O–H groups in total. The molecule has 6 nitrogen and oxygen atoms in total. The fourth-order valence-electron chi connectivity index (χ4n) is 1.47. The van der Waals surface area contributed by atoms with Crippen molar-refractivity contribution in [2.45, 2.75) is 0 Å². The van der Waals surface area contributed by atoms with Crippen LogP contribution in [0, 0.1) is 5.82 Å². The summed E-state index contributed by atoms with van der Waals surface area (Å²) in [4.78, 5) is 35.4. The highest BCUT2D eigenvalue weighted by Crippen LogP contribution is 2.17. The lowest BCUT2D eigenvalue weighted by atomic mass is 10.3. The first-order valence-electron chi connectivity index (χ1n) is 4.95. The molecule has 0 aliphatic carbocycles. The van der Waals surface area contributed by atoms with Crippen molar-refractivity contribution < 1.29 is 14.3 Å². The van der Waals surface area contributed by atoms with Gasteiger partial charge in [0.25, 0.3) is 5.56 Å². The minimum Gasteiger partial charge on any atom is -0.477 e. The molecule has 0 aliphatic heterocycles. The van der Waals surface area contributed by atoms with Crippen LogP contribution in [0.3, 0.4) is 0 Å². The van der Waals surface area contributed by atoms with Crippen LogP contribution in [0.4, 0.5) is 4.39 Å². The second-order valence-corrected chi connectivity index (χ2v) is 4.01. The van der Waals surface area contributed by atoms with Crippen molar-refractivity contribution in [2.24, 2.45) is 0 Å². The summed E-state index contributed by atoms with van der Waals surface area (Å²) in [6, 6.07) is 3.44. The highest BCUT2D eigenvalue weighted by Gasteiger charge is 2.14. The molecule has 0 saturated carbocycles. The van der Waals surface area contributed by atoms with Gasteiger partial charge in [0.1, 0.15) is 11.4 Å². The Balaban J connectivity index is 2.79. The molecule has 0 bridgehead atoms. The molecule has 0 fully saturated rings. The Morgan fingerprint density at radius 2 is 2.05 bits per heavy atom. The summed E-state index contributed by atoms with van der Waals surface area (Å²) in [5.41, 5.74) is -2.96. The number of rotatable bonds is 2. The van der Waals surface area contributed by atoms with Gasteiger partial charge in [0.05, 0.1) is 5.69 Å². The number of aromatic carboxylic acids is 1. The maximum absolute atomic E-state index is 13.6. The summed E-state index contributed by atoms with van der Waals surface area (Å²) < 4.78 is 14.3. The summed E-state index contributed by atoms with van der Waals surface area (Å²) in [5, 5.41) is 8.96. The van der Waals surface area contributed by atoms with Crippen molar-refractivity contribution in [3.05, 3.63) is 61.6 Å². The van der Waals surface area contributed by atoms with Crippen LogP contribution >= 0.6 is 11.6 Å². The highest BCUT2D eigenvalue weighted by atomic mass is 35.5. The van der Waals surface area contributed by atoms with Crippen LogP contribution in [0.1, 0.15) is 10.4 Å². The summed E-state index contributed by atoms with van der Waals surface area (Å²) in [7, 11) is 0. The molecule has 0 spiro atoms. The van der Waals surface area contributed by atoms with E-state index in [-0.39, 0.29) is 10.7 Å². The van der Waals surface area contributed by atoms with Gasteiger partial charge in [-0.15, -0.1) is 0 Å². The Kier molecular flexibility index (Phi) is 3.22. The van der Waals surface area contributed by atoms with E-state index in [0.29, 0.717) is 4.57 Å². The average molecular weight is 285 g/mol. The van der Waals surface area contributed by atoms with E-state index in [4.69, 9.17) is 16.7 Å². The number of H-pyrrole nitrogens is 1. The Labute approximate surface area is 109 Å². The number of carbonyl (C=O) groups is 1. The molecule has 1 aromatic heterocycles. The van der Waals surface area contributed by atoms with Gasteiger partial charge in [0, 0.05) is 11.2 Å². The number of halogens is 2. The van der Waals surface area contributed by atoms with E-state index in [1.807, 2.05) is 0 Å². The number of hydrogen-bond acceptors (Lipinski definition) is 3. The number of aromatic amines is 1. The van der Waals surface area contributed by atoms with E-state index in [2.05, 4.69) is 0 Å². The number of carboxylic acid groups (broad SMARTS) is 1. The lowest BCUT2D eigenvalue weighted by Crippen LogP contribution is -2.32. The van der Waals surface area contributed by atoms with E-state index in [0.717, 1.165) is 18.3 Å². The third-order valence-corrected chi connectivity index (χ3v) is 2.58. The van der Waals surface area contributed by atoms with Crippen molar-refractivity contribution in [3.8, 4) is 5.69 Å². The molecule has 0 radical (unpaired) electrons. The van der Waals surface area contributed by atoms with Gasteiger partial charge in [-0.1, -0.05) is 11.6 Å². The van der Waals surface area contributed by atoms with Gasteiger partial charge in [-0.2, -0.15) is 0 Å². The second-order valence-electron chi connectivity index (χ2n) is 3.57. The van der Waals surface area contributed by atoms with Crippen molar-refractivity contribution in [1.29, 1.82) is 0 Å². The Bertz CT molecular complexity index is 781. The van der Waals surface area contributed by atoms with Crippen LogP contribution in [0.25, 0.3) is 5.69 Å². The van der Waals surface area contributed by atoms with Crippen LogP contribution in [-0.2, 0) is 0 Å². The molecule has 2 aromatic rings. The summed E-state index contributed by atoms with van der Waals surface area (Å²) in [6.45, 7) is 0. The number of nitrogens with one attached hydrogen (secondary N) is 1. The predicted molar refractivity (Wildman–Crippen MR) is 64.6 cm³/mol. The zero-order chi connectivity index (χ0) is 14.2. The molecular weight excluding hydrogens is 279 g/mol. The van der Waals surface area contributed by atoms with Gasteiger partial charge >= 0.3 is 11.7 Å². The first-order chi connectivity index (χ1) is 8.90. The van der Waals surface area contributed by atoms with Crippen molar-refractivity contribution in [1.82, 2.24) is 9.55 Å². The van der Waals surface area contributed by atoms with Gasteiger partial charge in [-0.05, 0) is 18.2 Å². The second kappa shape index (κ2) is 4.69. The largest absolute Gasteiger partial charge is 0.477 e. The molecule has 8 heteroatoms. The molecule has 0 unspecified atom stereocenters. The monoisotopic (exact) mass is 284 g/mol. The predicted octanol–water partition coefficient (Wildman–Crippen LogP) is 1.02. The minimum atomic E-state index is -1.53. The molecule has 0 amide bonds. The molecule has 2 rings (SSSR count). The molecular formula is C11H6ClFN2O4. The Morgan fingerprint density at radius 1 is 1.37 bits per heavy atom. The average Bonchev–Trinajstić information content (AvgIpc) is 2.32. The minimum absolute atomic E-state index is 0.159. The van der Waals surface area contributed by atoms with Crippen molar-refractivity contribution in [2.75, 3.05) is 0 Å². The van der Waals surface area contributed by atoms with Crippen LogP contribution in [0.2, 0.25) is 5.02 Å². The van der Waals surface area contributed by atoms with Gasteiger partial charge in [-0.3, -0.25) is 14.3 Å². The number of hydrogen-bond donors (Lipinski definition) is 2. The zero-order valence-electron chi connectivity index (χ0n) is 9.18. The number of aromatic nitrogens is 2. The third kappa shape index (κ3) is 2.41. The fraction of sp³-hybridized carbons (Fsp3) is 0.